The number of likely N-dealkylation sites (N-methyl/N-ethyl adjacent to an activating group) is 1. The smallest absolute Gasteiger partial charge is 0.485 e. The fraction of sp³-hybridized carbons (Fsp3) is 0.548. The third kappa shape index (κ3) is 4.01. The van der Waals surface area contributed by atoms with Gasteiger partial charge in [0.05, 0.1) is 17.6 Å². The van der Waals surface area contributed by atoms with Crippen LogP contribution in [0.2, 0.25) is 0 Å². The maximum atomic E-state index is 13.7. The van der Waals surface area contributed by atoms with Gasteiger partial charge in [0.15, 0.2) is 0 Å². The summed E-state index contributed by atoms with van der Waals surface area (Å²) in [6, 6.07) is 12.5. The maximum Gasteiger partial charge on any atom is 0.509 e. The average molecular weight is 552 g/mol. The molecule has 0 radical (unpaired) electrons. The molecule has 9 heteroatoms. The number of rotatable bonds is 5. The van der Waals surface area contributed by atoms with E-state index in [0.717, 1.165) is 17.7 Å². The zero-order valence-corrected chi connectivity index (χ0v) is 23.4. The predicted octanol–water partition coefficient (Wildman–Crippen LogP) is 3.57. The first-order valence-corrected chi connectivity index (χ1v) is 14.0. The van der Waals surface area contributed by atoms with Gasteiger partial charge in [-0.15, -0.1) is 0 Å². The number of aliphatic hydroxyl groups excluding tert-OH is 1. The first kappa shape index (κ1) is 27.1. The van der Waals surface area contributed by atoms with Gasteiger partial charge in [0.25, 0.3) is 0 Å². The Morgan fingerprint density at radius 3 is 2.60 bits per heavy atom. The molecule has 0 aromatic heterocycles. The number of nitrogens with zero attached hydrogens (tertiary/aromatic N) is 1. The molecule has 2 N–H and O–H groups in total. The monoisotopic (exact) mass is 551 g/mol. The van der Waals surface area contributed by atoms with E-state index in [4.69, 9.17) is 18.9 Å². The highest BCUT2D eigenvalue weighted by Crippen LogP contribution is 2.64. The lowest BCUT2D eigenvalue weighted by atomic mass is 9.48. The third-order valence-electron chi connectivity index (χ3n) is 9.14. The number of carbonyl (C=O) groups excluding carboxylic acids is 2. The number of aliphatic hydroxyl groups is 2. The molecule has 2 aromatic carbocycles. The summed E-state index contributed by atoms with van der Waals surface area (Å²) in [5.74, 6) is -0.134. The fourth-order valence-electron chi connectivity index (χ4n) is 7.48. The van der Waals surface area contributed by atoms with Gasteiger partial charge < -0.3 is 34.1 Å². The molecule has 1 unspecified atom stereocenters. The Morgan fingerprint density at radius 1 is 1.15 bits per heavy atom. The summed E-state index contributed by atoms with van der Waals surface area (Å²) in [4.78, 5) is 28.6. The minimum atomic E-state index is -1.33. The van der Waals surface area contributed by atoms with Crippen LogP contribution >= 0.6 is 0 Å². The van der Waals surface area contributed by atoms with Gasteiger partial charge in [-0.25, -0.2) is 9.59 Å². The molecule has 2 bridgehead atoms. The standard InChI is InChI=1S/C31H37NO8/c1-29(2,3)40-28(35)39-25(18-8-6-5-7-9-18)27(34)37-21-12-13-31(36)22-16-19-10-11-20(17-33)24-23(19)30(31,26(21)38-24)14-15-32(22)4/h5-11,21-22,25-26,33,36H,12-17H2,1-4H3/t21?,22-,25+,26+,30+,31-/m1/s1. The van der Waals surface area contributed by atoms with Crippen molar-refractivity contribution in [3.63, 3.8) is 0 Å². The first-order valence-electron chi connectivity index (χ1n) is 14.0. The molecular formula is C31H37NO8. The summed E-state index contributed by atoms with van der Waals surface area (Å²) in [6.45, 7) is 5.71. The van der Waals surface area contributed by atoms with Crippen molar-refractivity contribution in [2.75, 3.05) is 13.6 Å². The molecule has 4 aliphatic rings. The summed E-state index contributed by atoms with van der Waals surface area (Å²) < 4.78 is 23.6. The molecule has 2 fully saturated rings. The summed E-state index contributed by atoms with van der Waals surface area (Å²) in [7, 11) is 2.04. The highest BCUT2D eigenvalue weighted by atomic mass is 16.7. The van der Waals surface area contributed by atoms with E-state index in [9.17, 15) is 19.8 Å². The Kier molecular flexibility index (Phi) is 6.40. The number of carbonyl (C=O) groups is 2. The molecule has 1 saturated carbocycles. The summed E-state index contributed by atoms with van der Waals surface area (Å²) in [5, 5.41) is 22.5. The Labute approximate surface area is 234 Å². The van der Waals surface area contributed by atoms with Crippen molar-refractivity contribution in [1.29, 1.82) is 0 Å². The largest absolute Gasteiger partial charge is 0.509 e. The topological polar surface area (TPSA) is 115 Å². The lowest BCUT2D eigenvalue weighted by Gasteiger charge is -2.63. The molecule has 1 saturated heterocycles. The molecule has 0 amide bonds. The molecule has 1 spiro atoms. The van der Waals surface area contributed by atoms with E-state index in [2.05, 4.69) is 4.90 Å². The molecule has 214 valence electrons. The molecule has 2 heterocycles. The second-order valence-electron chi connectivity index (χ2n) is 12.5. The zero-order chi connectivity index (χ0) is 28.4. The van der Waals surface area contributed by atoms with Gasteiger partial charge in [-0.2, -0.15) is 0 Å². The summed E-state index contributed by atoms with van der Waals surface area (Å²) in [5.41, 5.74) is 0.497. The van der Waals surface area contributed by atoms with Crippen molar-refractivity contribution in [2.24, 2.45) is 0 Å². The van der Waals surface area contributed by atoms with E-state index in [1.165, 1.54) is 0 Å². The van der Waals surface area contributed by atoms with Gasteiger partial charge in [0.2, 0.25) is 6.10 Å². The molecule has 9 nitrogen and oxygen atoms in total. The summed E-state index contributed by atoms with van der Waals surface area (Å²) >= 11 is 0. The van der Waals surface area contributed by atoms with Crippen molar-refractivity contribution in [3.05, 3.63) is 64.7 Å². The van der Waals surface area contributed by atoms with Gasteiger partial charge in [-0.05, 0) is 65.6 Å². The highest BCUT2D eigenvalue weighted by molar-refractivity contribution is 5.79. The van der Waals surface area contributed by atoms with E-state index in [1.54, 1.807) is 51.1 Å². The lowest BCUT2D eigenvalue weighted by Crippen LogP contribution is -2.76. The number of hydrogen-bond donors (Lipinski definition) is 2. The van der Waals surface area contributed by atoms with Crippen LogP contribution in [0.1, 0.15) is 68.4 Å². The van der Waals surface area contributed by atoms with Gasteiger partial charge in [-0.3, -0.25) is 0 Å². The zero-order valence-electron chi connectivity index (χ0n) is 23.4. The van der Waals surface area contributed by atoms with Crippen molar-refractivity contribution in [3.8, 4) is 5.75 Å². The quantitative estimate of drug-likeness (QED) is 0.538. The lowest BCUT2D eigenvalue weighted by molar-refractivity contribution is -0.216. The molecule has 2 aliphatic heterocycles. The average Bonchev–Trinajstić information content (AvgIpc) is 3.26. The summed E-state index contributed by atoms with van der Waals surface area (Å²) in [6.07, 6.45) is -1.54. The normalized spacial score (nSPS) is 31.0. The molecule has 2 aliphatic carbocycles. The second-order valence-corrected chi connectivity index (χ2v) is 12.5. The van der Waals surface area contributed by atoms with Crippen molar-refractivity contribution in [1.82, 2.24) is 4.90 Å². The minimum Gasteiger partial charge on any atom is -0.485 e. The number of likely N-dealkylation sites (tertiary alicyclic amines) is 1. The van der Waals surface area contributed by atoms with Crippen LogP contribution in [-0.2, 0) is 37.4 Å². The number of hydrogen-bond acceptors (Lipinski definition) is 9. The van der Waals surface area contributed by atoms with Crippen molar-refractivity contribution in [2.45, 2.75) is 94.0 Å². The molecule has 6 atom stereocenters. The Hall–Kier alpha value is -3.14. The van der Waals surface area contributed by atoms with Crippen LogP contribution in [0.15, 0.2) is 42.5 Å². The predicted molar refractivity (Wildman–Crippen MR) is 144 cm³/mol. The number of ether oxygens (including phenoxy) is 4. The van der Waals surface area contributed by atoms with Crippen LogP contribution in [0.5, 0.6) is 5.75 Å². The molecule has 6 rings (SSSR count). The van der Waals surface area contributed by atoms with Gasteiger partial charge in [-0.1, -0.05) is 42.5 Å². The van der Waals surface area contributed by atoms with Crippen LogP contribution in [-0.4, -0.2) is 70.3 Å². The van der Waals surface area contributed by atoms with Gasteiger partial charge in [0.1, 0.15) is 23.6 Å². The number of piperidine rings is 1. The Balaban J connectivity index is 1.35. The second kappa shape index (κ2) is 9.46. The first-order chi connectivity index (χ1) is 19.0. The van der Waals surface area contributed by atoms with E-state index in [1.807, 2.05) is 19.2 Å². The Morgan fingerprint density at radius 2 is 1.90 bits per heavy atom. The molecule has 40 heavy (non-hydrogen) atoms. The minimum absolute atomic E-state index is 0.102. The van der Waals surface area contributed by atoms with E-state index in [-0.39, 0.29) is 12.6 Å². The maximum absolute atomic E-state index is 13.7. The third-order valence-corrected chi connectivity index (χ3v) is 9.14. The van der Waals surface area contributed by atoms with E-state index >= 15 is 0 Å². The van der Waals surface area contributed by atoms with Gasteiger partial charge in [0, 0.05) is 22.7 Å². The number of esters is 1. The van der Waals surface area contributed by atoms with Crippen LogP contribution < -0.4 is 4.74 Å². The molecular weight excluding hydrogens is 514 g/mol. The van der Waals surface area contributed by atoms with Crippen LogP contribution in [0, 0.1) is 0 Å². The van der Waals surface area contributed by atoms with Crippen LogP contribution in [0.25, 0.3) is 0 Å². The van der Waals surface area contributed by atoms with Crippen LogP contribution in [0.4, 0.5) is 4.79 Å². The highest BCUT2D eigenvalue weighted by Gasteiger charge is 2.73. The van der Waals surface area contributed by atoms with Crippen LogP contribution in [0.3, 0.4) is 0 Å². The molecule has 2 aromatic rings. The van der Waals surface area contributed by atoms with Crippen molar-refractivity contribution < 1.29 is 38.7 Å². The number of benzene rings is 2. The van der Waals surface area contributed by atoms with E-state index in [0.29, 0.717) is 42.6 Å². The Bertz CT molecular complexity index is 1320. The van der Waals surface area contributed by atoms with Crippen molar-refractivity contribution >= 4 is 12.1 Å². The van der Waals surface area contributed by atoms with Gasteiger partial charge >= 0.3 is 12.1 Å². The fourth-order valence-corrected chi connectivity index (χ4v) is 7.48. The van der Waals surface area contributed by atoms with E-state index < -0.39 is 47.1 Å². The SMILES string of the molecule is CN1CC[C@]23c4c5ccc(CO)c4O[C@H]2C(OC(=O)[C@@H](OC(=O)OC(C)(C)C)c2ccccc2)CC[C@@]3(O)[C@H]1C5.